The van der Waals surface area contributed by atoms with Gasteiger partial charge in [0.2, 0.25) is 5.91 Å². The van der Waals surface area contributed by atoms with Gasteiger partial charge >= 0.3 is 0 Å². The predicted octanol–water partition coefficient (Wildman–Crippen LogP) is 3.00. The van der Waals surface area contributed by atoms with E-state index < -0.39 is 0 Å². The molecule has 1 unspecified atom stereocenters. The second-order valence-electron chi connectivity index (χ2n) is 7.28. The fourth-order valence-electron chi connectivity index (χ4n) is 3.87. The van der Waals surface area contributed by atoms with Crippen LogP contribution in [0.1, 0.15) is 24.4 Å². The molecule has 2 heterocycles. The van der Waals surface area contributed by atoms with E-state index in [0.29, 0.717) is 22.5 Å². The summed E-state index contributed by atoms with van der Waals surface area (Å²) >= 11 is 6.43. The van der Waals surface area contributed by atoms with E-state index in [0.717, 1.165) is 31.5 Å². The summed E-state index contributed by atoms with van der Waals surface area (Å²) in [7, 11) is 0. The molecule has 1 N–H and O–H groups in total. The van der Waals surface area contributed by atoms with Crippen LogP contribution < -0.4 is 10.9 Å². The quantitative estimate of drug-likeness (QED) is 0.678. The zero-order valence-electron chi connectivity index (χ0n) is 16.1. The van der Waals surface area contributed by atoms with Crippen molar-refractivity contribution in [3.8, 4) is 0 Å². The van der Waals surface area contributed by atoms with E-state index in [1.165, 1.54) is 10.9 Å². The topological polar surface area (TPSA) is 67.2 Å². The van der Waals surface area contributed by atoms with E-state index in [4.69, 9.17) is 11.6 Å². The van der Waals surface area contributed by atoms with Crippen LogP contribution in [0.2, 0.25) is 5.02 Å². The molecule has 1 fully saturated rings. The minimum atomic E-state index is -0.222. The van der Waals surface area contributed by atoms with Crippen molar-refractivity contribution in [2.75, 3.05) is 19.6 Å². The van der Waals surface area contributed by atoms with Crippen LogP contribution >= 0.6 is 11.6 Å². The number of hydrogen-bond donors (Lipinski definition) is 1. The van der Waals surface area contributed by atoms with Crippen LogP contribution in [0.4, 0.5) is 0 Å². The van der Waals surface area contributed by atoms with Gasteiger partial charge in [0.1, 0.15) is 6.54 Å². The molecular formula is C22H23ClN4O2. The number of fused-ring (bicyclic) bond motifs is 1. The van der Waals surface area contributed by atoms with Gasteiger partial charge in [-0.05, 0) is 49.7 Å². The van der Waals surface area contributed by atoms with Gasteiger partial charge in [-0.2, -0.15) is 0 Å². The first kappa shape index (κ1) is 19.6. The van der Waals surface area contributed by atoms with Gasteiger partial charge in [-0.1, -0.05) is 41.9 Å². The van der Waals surface area contributed by atoms with Gasteiger partial charge in [0.25, 0.3) is 5.56 Å². The maximum absolute atomic E-state index is 12.6. The maximum Gasteiger partial charge on any atom is 0.261 e. The Kier molecular flexibility index (Phi) is 5.92. The van der Waals surface area contributed by atoms with E-state index in [1.54, 1.807) is 18.2 Å². The van der Waals surface area contributed by atoms with Crippen LogP contribution in [0, 0.1) is 0 Å². The molecule has 1 amide bonds. The first-order valence-corrected chi connectivity index (χ1v) is 10.2. The summed E-state index contributed by atoms with van der Waals surface area (Å²) in [5, 5.41) is 4.19. The van der Waals surface area contributed by atoms with Crippen molar-refractivity contribution in [1.29, 1.82) is 0 Å². The molecule has 0 aliphatic carbocycles. The van der Waals surface area contributed by atoms with Gasteiger partial charge in [-0.3, -0.25) is 19.1 Å². The number of carbonyl (C=O) groups excluding carboxylic acids is 1. The number of nitrogens with zero attached hydrogens (tertiary/aromatic N) is 3. The molecule has 1 aliphatic rings. The van der Waals surface area contributed by atoms with E-state index in [9.17, 15) is 9.59 Å². The molecular weight excluding hydrogens is 388 g/mol. The van der Waals surface area contributed by atoms with Gasteiger partial charge in [0.15, 0.2) is 0 Å². The summed E-state index contributed by atoms with van der Waals surface area (Å²) in [6.45, 7) is 2.35. The van der Waals surface area contributed by atoms with Crippen molar-refractivity contribution in [3.05, 3.63) is 75.8 Å². The lowest BCUT2D eigenvalue weighted by atomic mass is 10.1. The van der Waals surface area contributed by atoms with Crippen LogP contribution in [0.5, 0.6) is 0 Å². The number of para-hydroxylation sites is 1. The van der Waals surface area contributed by atoms with Crippen LogP contribution in [0.3, 0.4) is 0 Å². The van der Waals surface area contributed by atoms with Crippen molar-refractivity contribution in [2.24, 2.45) is 0 Å². The van der Waals surface area contributed by atoms with Gasteiger partial charge < -0.3 is 5.32 Å². The Balaban J connectivity index is 1.48. The molecule has 2 aromatic carbocycles. The van der Waals surface area contributed by atoms with E-state index >= 15 is 0 Å². The first-order valence-electron chi connectivity index (χ1n) is 9.83. The third-order valence-corrected chi connectivity index (χ3v) is 5.73. The number of aromatic nitrogens is 2. The molecule has 0 saturated carbocycles. The minimum Gasteiger partial charge on any atom is -0.353 e. The average Bonchev–Trinajstić information content (AvgIpc) is 3.26. The number of likely N-dealkylation sites (tertiary alicyclic amines) is 1. The fourth-order valence-corrected chi connectivity index (χ4v) is 4.14. The molecule has 1 saturated heterocycles. The number of halogens is 1. The lowest BCUT2D eigenvalue weighted by Gasteiger charge is -2.29. The van der Waals surface area contributed by atoms with E-state index in [-0.39, 0.29) is 24.1 Å². The molecule has 7 heteroatoms. The molecule has 4 rings (SSSR count). The highest BCUT2D eigenvalue weighted by atomic mass is 35.5. The Bertz CT molecular complexity index is 1080. The summed E-state index contributed by atoms with van der Waals surface area (Å²) in [5.41, 5.74) is 1.43. The van der Waals surface area contributed by atoms with Crippen LogP contribution in [0.25, 0.3) is 10.9 Å². The molecule has 1 aliphatic heterocycles. The third kappa shape index (κ3) is 4.33. The molecule has 150 valence electrons. The highest BCUT2D eigenvalue weighted by Crippen LogP contribution is 2.29. The smallest absolute Gasteiger partial charge is 0.261 e. The number of benzene rings is 2. The lowest BCUT2D eigenvalue weighted by Crippen LogP contribution is -2.39. The van der Waals surface area contributed by atoms with Crippen molar-refractivity contribution in [2.45, 2.75) is 25.4 Å². The third-order valence-electron chi connectivity index (χ3n) is 5.38. The molecule has 1 aromatic heterocycles. The highest BCUT2D eigenvalue weighted by Gasteiger charge is 2.25. The summed E-state index contributed by atoms with van der Waals surface area (Å²) in [6, 6.07) is 14.9. The van der Waals surface area contributed by atoms with Crippen molar-refractivity contribution in [3.63, 3.8) is 0 Å². The van der Waals surface area contributed by atoms with Crippen molar-refractivity contribution < 1.29 is 4.79 Å². The van der Waals surface area contributed by atoms with E-state index in [2.05, 4.69) is 15.2 Å². The standard InChI is InChI=1S/C22H23ClN4O2/c23-18-9-3-1-7-16(18)20(26-11-5-6-12-26)13-24-21(28)14-27-15-25-19-10-4-2-8-17(19)22(27)29/h1-4,7-10,15,20H,5-6,11-14H2,(H,24,28). The summed E-state index contributed by atoms with van der Waals surface area (Å²) in [6.07, 6.45) is 3.72. The predicted molar refractivity (Wildman–Crippen MR) is 114 cm³/mol. The second kappa shape index (κ2) is 8.76. The summed E-state index contributed by atoms with van der Waals surface area (Å²) < 4.78 is 1.35. The molecule has 0 spiro atoms. The highest BCUT2D eigenvalue weighted by molar-refractivity contribution is 6.31. The monoisotopic (exact) mass is 410 g/mol. The van der Waals surface area contributed by atoms with Crippen molar-refractivity contribution >= 4 is 28.4 Å². The van der Waals surface area contributed by atoms with Crippen LogP contribution in [-0.4, -0.2) is 40.0 Å². The van der Waals surface area contributed by atoms with Crippen molar-refractivity contribution in [1.82, 2.24) is 19.8 Å². The SMILES string of the molecule is O=C(Cn1cnc2ccccc2c1=O)NCC(c1ccccc1Cl)N1CCCC1. The van der Waals surface area contributed by atoms with Gasteiger partial charge in [-0.25, -0.2) is 4.98 Å². The largest absolute Gasteiger partial charge is 0.353 e. The first-order chi connectivity index (χ1) is 14.1. The average molecular weight is 411 g/mol. The Morgan fingerprint density at radius 3 is 2.62 bits per heavy atom. The Morgan fingerprint density at radius 1 is 1.10 bits per heavy atom. The van der Waals surface area contributed by atoms with Gasteiger partial charge in [0.05, 0.1) is 23.3 Å². The number of hydrogen-bond acceptors (Lipinski definition) is 4. The van der Waals surface area contributed by atoms with Gasteiger partial charge in [0, 0.05) is 11.6 Å². The Hall–Kier alpha value is -2.70. The molecule has 0 bridgehead atoms. The zero-order valence-corrected chi connectivity index (χ0v) is 16.8. The Morgan fingerprint density at radius 2 is 1.83 bits per heavy atom. The molecule has 6 nitrogen and oxygen atoms in total. The normalized spacial score (nSPS) is 15.5. The minimum absolute atomic E-state index is 0.0154. The van der Waals surface area contributed by atoms with E-state index in [1.807, 2.05) is 30.3 Å². The number of carbonyl (C=O) groups is 1. The Labute approximate surface area is 174 Å². The van der Waals surface area contributed by atoms with Gasteiger partial charge in [-0.15, -0.1) is 0 Å². The molecule has 1 atom stereocenters. The molecule has 0 radical (unpaired) electrons. The maximum atomic E-state index is 12.6. The molecule has 29 heavy (non-hydrogen) atoms. The summed E-state index contributed by atoms with van der Waals surface area (Å²) in [5.74, 6) is -0.222. The van der Waals surface area contributed by atoms with Crippen LogP contribution in [0.15, 0.2) is 59.7 Å². The zero-order chi connectivity index (χ0) is 20.2. The summed E-state index contributed by atoms with van der Waals surface area (Å²) in [4.78, 5) is 31.8. The lowest BCUT2D eigenvalue weighted by molar-refractivity contribution is -0.122. The molecule has 3 aromatic rings. The fraction of sp³-hybridized carbons (Fsp3) is 0.318. The number of rotatable bonds is 6. The van der Waals surface area contributed by atoms with Crippen LogP contribution in [-0.2, 0) is 11.3 Å². The number of nitrogens with one attached hydrogen (secondary N) is 1. The number of amides is 1. The second-order valence-corrected chi connectivity index (χ2v) is 7.69.